The minimum absolute atomic E-state index is 0.294. The summed E-state index contributed by atoms with van der Waals surface area (Å²) < 4.78 is 24.9. The van der Waals surface area contributed by atoms with Gasteiger partial charge in [0.05, 0.1) is 25.1 Å². The molecule has 2 aromatic rings. The van der Waals surface area contributed by atoms with Gasteiger partial charge >= 0.3 is 12.1 Å². The predicted molar refractivity (Wildman–Crippen MR) is 104 cm³/mol. The van der Waals surface area contributed by atoms with Crippen molar-refractivity contribution in [1.29, 1.82) is 0 Å². The number of aromatic nitrogens is 3. The number of carbonyl (C=O) groups is 2. The first-order valence-electron chi connectivity index (χ1n) is 9.78. The Kier molecular flexibility index (Phi) is 5.77. The minimum Gasteiger partial charge on any atom is -0.466 e. The number of carbonyl (C=O) groups excluding carboxylic acids is 2. The first-order valence-corrected chi connectivity index (χ1v) is 9.78. The zero-order valence-corrected chi connectivity index (χ0v) is 17.4. The van der Waals surface area contributed by atoms with Gasteiger partial charge in [-0.1, -0.05) is 0 Å². The van der Waals surface area contributed by atoms with E-state index in [4.69, 9.17) is 9.47 Å². The second-order valence-electron chi connectivity index (χ2n) is 8.34. The fourth-order valence-corrected chi connectivity index (χ4v) is 3.48. The lowest BCUT2D eigenvalue weighted by molar-refractivity contribution is -0.147. The van der Waals surface area contributed by atoms with Crippen LogP contribution in [-0.2, 0) is 33.7 Å². The number of alkyl carbamates (subject to hydrolysis) is 1. The summed E-state index contributed by atoms with van der Waals surface area (Å²) in [4.78, 5) is 25.4. The van der Waals surface area contributed by atoms with E-state index in [9.17, 15) is 14.0 Å². The minimum atomic E-state index is -0.587. The van der Waals surface area contributed by atoms with Gasteiger partial charge in [-0.15, -0.1) is 0 Å². The topological polar surface area (TPSA) is 95.3 Å². The van der Waals surface area contributed by atoms with Crippen LogP contribution in [0.4, 0.5) is 9.18 Å². The molecule has 3 rings (SSSR count). The summed E-state index contributed by atoms with van der Waals surface area (Å²) in [5.41, 5.74) is 1.63. The van der Waals surface area contributed by atoms with Gasteiger partial charge in [0, 0.05) is 6.07 Å². The molecular weight excluding hydrogens is 379 g/mol. The van der Waals surface area contributed by atoms with E-state index in [-0.39, 0.29) is 17.8 Å². The Morgan fingerprint density at radius 2 is 2.00 bits per heavy atom. The van der Waals surface area contributed by atoms with Crippen LogP contribution in [0.3, 0.4) is 0 Å². The molecule has 8 nitrogen and oxygen atoms in total. The first-order chi connectivity index (χ1) is 13.6. The highest BCUT2D eigenvalue weighted by molar-refractivity contribution is 5.83. The van der Waals surface area contributed by atoms with E-state index in [1.54, 1.807) is 34.6 Å². The molecule has 1 amide bonds. The molecule has 0 radical (unpaired) electrons. The summed E-state index contributed by atoms with van der Waals surface area (Å²) in [5, 5.41) is 11.5. The molecule has 1 unspecified atom stereocenters. The molecule has 0 bridgehead atoms. The molecule has 9 heteroatoms. The van der Waals surface area contributed by atoms with E-state index in [1.165, 1.54) is 10.9 Å². The van der Waals surface area contributed by atoms with E-state index in [1.807, 2.05) is 0 Å². The van der Waals surface area contributed by atoms with Crippen molar-refractivity contribution in [2.75, 3.05) is 6.61 Å². The third kappa shape index (κ3) is 4.83. The standard InChI is InChI=1S/C20H27FN4O4/c1-6-28-18(26)12-7-13-14(8-12)17-16(9-15(13)21)23-25(24-17)10-11(2)22-19(27)29-20(3,4)5/h9,11-12H,6-8,10H2,1-5H3,(H,22,27)/t11-,12?/m0/s1. The maximum absolute atomic E-state index is 14.5. The SMILES string of the molecule is CCOC(=O)C1Cc2c(F)cc3nn(C[C@H](C)NC(=O)OC(C)(C)C)nc3c2C1. The number of esters is 1. The van der Waals surface area contributed by atoms with Crippen LogP contribution in [0.15, 0.2) is 6.07 Å². The van der Waals surface area contributed by atoms with Gasteiger partial charge in [-0.2, -0.15) is 15.0 Å². The van der Waals surface area contributed by atoms with Crippen LogP contribution in [0.2, 0.25) is 0 Å². The van der Waals surface area contributed by atoms with Crippen molar-refractivity contribution in [3.05, 3.63) is 23.0 Å². The molecule has 0 spiro atoms. The van der Waals surface area contributed by atoms with Crippen molar-refractivity contribution >= 4 is 23.1 Å². The van der Waals surface area contributed by atoms with Gasteiger partial charge in [0.2, 0.25) is 0 Å². The van der Waals surface area contributed by atoms with Gasteiger partial charge in [-0.05, 0) is 58.6 Å². The highest BCUT2D eigenvalue weighted by Gasteiger charge is 2.33. The number of ether oxygens (including phenoxy) is 2. The third-order valence-electron chi connectivity index (χ3n) is 4.60. The summed E-state index contributed by atoms with van der Waals surface area (Å²) in [7, 11) is 0. The maximum atomic E-state index is 14.5. The van der Waals surface area contributed by atoms with Crippen molar-refractivity contribution < 1.29 is 23.5 Å². The van der Waals surface area contributed by atoms with Gasteiger partial charge in [0.1, 0.15) is 22.5 Å². The van der Waals surface area contributed by atoms with E-state index >= 15 is 0 Å². The van der Waals surface area contributed by atoms with E-state index in [0.29, 0.717) is 48.2 Å². The number of rotatable bonds is 5. The molecule has 1 heterocycles. The van der Waals surface area contributed by atoms with E-state index < -0.39 is 17.6 Å². The summed E-state index contributed by atoms with van der Waals surface area (Å²) >= 11 is 0. The Bertz CT molecular complexity index is 935. The maximum Gasteiger partial charge on any atom is 0.407 e. The number of hydrogen-bond acceptors (Lipinski definition) is 6. The molecule has 0 fully saturated rings. The molecule has 29 heavy (non-hydrogen) atoms. The Labute approximate surface area is 168 Å². The summed E-state index contributed by atoms with van der Waals surface area (Å²) in [6, 6.07) is 1.05. The number of nitrogens with one attached hydrogen (secondary N) is 1. The molecule has 1 aliphatic rings. The second kappa shape index (κ2) is 7.96. The predicted octanol–water partition coefficient (Wildman–Crippen LogP) is 2.76. The fraction of sp³-hybridized carbons (Fsp3) is 0.600. The molecule has 1 aromatic heterocycles. The Morgan fingerprint density at radius 3 is 2.66 bits per heavy atom. The van der Waals surface area contributed by atoms with E-state index in [0.717, 1.165) is 0 Å². The van der Waals surface area contributed by atoms with Crippen molar-refractivity contribution in [1.82, 2.24) is 20.3 Å². The van der Waals surface area contributed by atoms with Crippen LogP contribution in [0.1, 0.15) is 45.7 Å². The molecular formula is C20H27FN4O4. The van der Waals surface area contributed by atoms with Crippen molar-refractivity contribution in [2.24, 2.45) is 5.92 Å². The number of nitrogens with zero attached hydrogens (tertiary/aromatic N) is 3. The number of fused-ring (bicyclic) bond motifs is 3. The summed E-state index contributed by atoms with van der Waals surface area (Å²) in [6.07, 6.45) is 0.164. The third-order valence-corrected chi connectivity index (χ3v) is 4.60. The first kappa shape index (κ1) is 21.0. The second-order valence-corrected chi connectivity index (χ2v) is 8.34. The monoisotopic (exact) mass is 406 g/mol. The number of amides is 1. The van der Waals surface area contributed by atoms with Gasteiger partial charge in [0.25, 0.3) is 0 Å². The van der Waals surface area contributed by atoms with Crippen LogP contribution in [0.5, 0.6) is 0 Å². The molecule has 0 aliphatic heterocycles. The quantitative estimate of drug-likeness (QED) is 0.767. The van der Waals surface area contributed by atoms with Crippen LogP contribution >= 0.6 is 0 Å². The molecule has 0 saturated heterocycles. The van der Waals surface area contributed by atoms with Gasteiger partial charge in [0.15, 0.2) is 0 Å². The Morgan fingerprint density at radius 1 is 1.31 bits per heavy atom. The van der Waals surface area contributed by atoms with Crippen molar-refractivity contribution in [2.45, 2.75) is 65.6 Å². The normalized spacial score (nSPS) is 17.1. The highest BCUT2D eigenvalue weighted by Crippen LogP contribution is 2.34. The van der Waals surface area contributed by atoms with Crippen LogP contribution < -0.4 is 5.32 Å². The number of hydrogen-bond donors (Lipinski definition) is 1. The molecule has 158 valence electrons. The van der Waals surface area contributed by atoms with Gasteiger partial charge in [-0.3, -0.25) is 4.79 Å². The van der Waals surface area contributed by atoms with E-state index in [2.05, 4.69) is 15.5 Å². The molecule has 0 saturated carbocycles. The lowest BCUT2D eigenvalue weighted by Gasteiger charge is -2.21. The van der Waals surface area contributed by atoms with Crippen LogP contribution in [-0.4, -0.2) is 45.3 Å². The zero-order valence-electron chi connectivity index (χ0n) is 17.4. The molecule has 1 aromatic carbocycles. The fourth-order valence-electron chi connectivity index (χ4n) is 3.48. The summed E-state index contributed by atoms with van der Waals surface area (Å²) in [5.74, 6) is -1.10. The summed E-state index contributed by atoms with van der Waals surface area (Å²) in [6.45, 7) is 9.51. The lowest BCUT2D eigenvalue weighted by atomic mass is 10.1. The van der Waals surface area contributed by atoms with Crippen LogP contribution in [0, 0.1) is 11.7 Å². The molecule has 1 N–H and O–H groups in total. The van der Waals surface area contributed by atoms with Gasteiger partial charge in [-0.25, -0.2) is 9.18 Å². The highest BCUT2D eigenvalue weighted by atomic mass is 19.1. The van der Waals surface area contributed by atoms with Crippen molar-refractivity contribution in [3.8, 4) is 0 Å². The smallest absolute Gasteiger partial charge is 0.407 e. The number of benzene rings is 1. The van der Waals surface area contributed by atoms with Crippen LogP contribution in [0.25, 0.3) is 11.0 Å². The lowest BCUT2D eigenvalue weighted by Crippen LogP contribution is -2.39. The zero-order chi connectivity index (χ0) is 21.3. The Balaban J connectivity index is 1.76. The number of halogens is 1. The largest absolute Gasteiger partial charge is 0.466 e. The average Bonchev–Trinajstić information content (AvgIpc) is 3.17. The Hall–Kier alpha value is -2.71. The average molecular weight is 406 g/mol. The molecule has 2 atom stereocenters. The van der Waals surface area contributed by atoms with Gasteiger partial charge < -0.3 is 14.8 Å². The van der Waals surface area contributed by atoms with Crippen molar-refractivity contribution in [3.63, 3.8) is 0 Å². The molecule has 1 aliphatic carbocycles.